The maximum absolute atomic E-state index is 12.4. The van der Waals surface area contributed by atoms with Gasteiger partial charge in [-0.05, 0) is 50.3 Å². The summed E-state index contributed by atoms with van der Waals surface area (Å²) >= 11 is 3.56. The van der Waals surface area contributed by atoms with E-state index >= 15 is 0 Å². The number of aliphatic hydroxyl groups is 1. The summed E-state index contributed by atoms with van der Waals surface area (Å²) in [6.07, 6.45) is 5.31. The SMILES string of the molecule is COc1nc2ccc(Br)cc2cc1C(c1ccccc1)C(O)(CCN(C)C)c1cnccn1. The molecule has 4 rings (SSSR count). The predicted octanol–water partition coefficient (Wildman–Crippen LogP) is 4.77. The maximum Gasteiger partial charge on any atom is 0.217 e. The van der Waals surface area contributed by atoms with Crippen molar-refractivity contribution < 1.29 is 9.84 Å². The first kappa shape index (κ1) is 23.3. The summed E-state index contributed by atoms with van der Waals surface area (Å²) in [7, 11) is 5.59. The maximum atomic E-state index is 12.4. The summed E-state index contributed by atoms with van der Waals surface area (Å²) in [4.78, 5) is 15.6. The van der Waals surface area contributed by atoms with Crippen LogP contribution in [0.1, 0.15) is 29.2 Å². The summed E-state index contributed by atoms with van der Waals surface area (Å²) in [5.74, 6) is -0.00738. The number of pyridine rings is 1. The second-order valence-corrected chi connectivity index (χ2v) is 9.25. The van der Waals surface area contributed by atoms with Gasteiger partial charge in [-0.2, -0.15) is 0 Å². The van der Waals surface area contributed by atoms with Crippen molar-refractivity contribution in [2.24, 2.45) is 0 Å². The number of fused-ring (bicyclic) bond motifs is 1. The summed E-state index contributed by atoms with van der Waals surface area (Å²) in [6.45, 7) is 0.658. The Balaban J connectivity index is 2.00. The zero-order valence-corrected chi connectivity index (χ0v) is 20.5. The van der Waals surface area contributed by atoms with Gasteiger partial charge < -0.3 is 14.7 Å². The lowest BCUT2D eigenvalue weighted by Gasteiger charge is -2.37. The van der Waals surface area contributed by atoms with Gasteiger partial charge in [0.25, 0.3) is 0 Å². The first-order valence-electron chi connectivity index (χ1n) is 10.7. The molecule has 2 aromatic heterocycles. The van der Waals surface area contributed by atoms with Gasteiger partial charge in [0, 0.05) is 40.3 Å². The highest BCUT2D eigenvalue weighted by molar-refractivity contribution is 9.10. The smallest absolute Gasteiger partial charge is 0.217 e. The van der Waals surface area contributed by atoms with Crippen LogP contribution in [0.5, 0.6) is 5.88 Å². The molecule has 0 saturated heterocycles. The molecule has 0 aliphatic heterocycles. The molecule has 0 saturated carbocycles. The van der Waals surface area contributed by atoms with Crippen LogP contribution in [0.25, 0.3) is 10.9 Å². The molecule has 2 unspecified atom stereocenters. The van der Waals surface area contributed by atoms with Crippen LogP contribution in [0.4, 0.5) is 0 Å². The van der Waals surface area contributed by atoms with Gasteiger partial charge in [-0.25, -0.2) is 4.98 Å². The summed E-state index contributed by atoms with van der Waals surface area (Å²) < 4.78 is 6.72. The molecule has 0 aliphatic carbocycles. The fourth-order valence-corrected chi connectivity index (χ4v) is 4.59. The molecule has 7 heteroatoms. The van der Waals surface area contributed by atoms with Crippen molar-refractivity contribution in [3.05, 3.63) is 94.5 Å². The number of hydrogen-bond donors (Lipinski definition) is 1. The molecule has 6 nitrogen and oxygen atoms in total. The lowest BCUT2D eigenvalue weighted by Crippen LogP contribution is -2.38. The van der Waals surface area contributed by atoms with E-state index in [1.807, 2.05) is 62.6 Å². The van der Waals surface area contributed by atoms with Crippen molar-refractivity contribution >= 4 is 26.8 Å². The number of hydrogen-bond acceptors (Lipinski definition) is 6. The van der Waals surface area contributed by atoms with Crippen molar-refractivity contribution in [3.8, 4) is 5.88 Å². The minimum atomic E-state index is -1.35. The molecule has 0 radical (unpaired) electrons. The standard InChI is InChI=1S/C26H27BrN4O2/c1-31(2)14-11-26(32,23-17-28-12-13-29-23)24(18-7-5-4-6-8-18)21-16-19-15-20(27)9-10-22(19)30-25(21)33-3/h4-10,12-13,15-17,24,32H,11,14H2,1-3H3. The van der Waals surface area contributed by atoms with Gasteiger partial charge in [0.1, 0.15) is 5.60 Å². The third-order valence-corrected chi connectivity index (χ3v) is 6.32. The molecular formula is C26H27BrN4O2. The third-order valence-electron chi connectivity index (χ3n) is 5.83. The molecule has 0 spiro atoms. The Labute approximate surface area is 202 Å². The van der Waals surface area contributed by atoms with E-state index in [-0.39, 0.29) is 0 Å². The van der Waals surface area contributed by atoms with Gasteiger partial charge in [0.2, 0.25) is 5.88 Å². The monoisotopic (exact) mass is 506 g/mol. The van der Waals surface area contributed by atoms with E-state index in [9.17, 15) is 5.11 Å². The number of benzene rings is 2. The van der Waals surface area contributed by atoms with E-state index in [1.54, 1.807) is 25.7 Å². The van der Waals surface area contributed by atoms with Crippen molar-refractivity contribution in [1.82, 2.24) is 19.9 Å². The van der Waals surface area contributed by atoms with E-state index in [2.05, 4.69) is 36.9 Å². The molecular weight excluding hydrogens is 480 g/mol. The van der Waals surface area contributed by atoms with E-state index in [1.165, 1.54) is 0 Å². The topological polar surface area (TPSA) is 71.4 Å². The minimum Gasteiger partial charge on any atom is -0.481 e. The first-order valence-corrected chi connectivity index (χ1v) is 11.5. The Morgan fingerprint density at radius 3 is 2.55 bits per heavy atom. The van der Waals surface area contributed by atoms with Crippen LogP contribution in [-0.2, 0) is 5.60 Å². The van der Waals surface area contributed by atoms with Gasteiger partial charge in [0.05, 0.1) is 24.5 Å². The summed E-state index contributed by atoms with van der Waals surface area (Å²) in [6, 6.07) is 17.9. The van der Waals surface area contributed by atoms with E-state index in [0.29, 0.717) is 24.5 Å². The van der Waals surface area contributed by atoms with Crippen LogP contribution in [-0.4, -0.2) is 52.7 Å². The molecule has 0 fully saturated rings. The Morgan fingerprint density at radius 1 is 1.09 bits per heavy atom. The van der Waals surface area contributed by atoms with Crippen LogP contribution >= 0.6 is 15.9 Å². The number of nitrogens with zero attached hydrogens (tertiary/aromatic N) is 4. The first-order chi connectivity index (χ1) is 15.9. The summed E-state index contributed by atoms with van der Waals surface area (Å²) in [5, 5.41) is 13.4. The predicted molar refractivity (Wildman–Crippen MR) is 133 cm³/mol. The van der Waals surface area contributed by atoms with Crippen LogP contribution < -0.4 is 4.74 Å². The van der Waals surface area contributed by atoms with Crippen molar-refractivity contribution in [2.45, 2.75) is 17.9 Å². The lowest BCUT2D eigenvalue weighted by atomic mass is 9.73. The highest BCUT2D eigenvalue weighted by atomic mass is 79.9. The molecule has 2 atom stereocenters. The molecule has 170 valence electrons. The Morgan fingerprint density at radius 2 is 1.88 bits per heavy atom. The molecule has 2 heterocycles. The van der Waals surface area contributed by atoms with Crippen LogP contribution in [0.2, 0.25) is 0 Å². The number of methoxy groups -OCH3 is 1. The fourth-order valence-electron chi connectivity index (χ4n) is 4.21. The number of rotatable bonds is 8. The number of ether oxygens (including phenoxy) is 1. The average molecular weight is 507 g/mol. The van der Waals surface area contributed by atoms with Gasteiger partial charge in [-0.1, -0.05) is 46.3 Å². The molecule has 4 aromatic rings. The van der Waals surface area contributed by atoms with E-state index < -0.39 is 11.5 Å². The number of aromatic nitrogens is 3. The second-order valence-electron chi connectivity index (χ2n) is 8.34. The average Bonchev–Trinajstić information content (AvgIpc) is 2.83. The van der Waals surface area contributed by atoms with E-state index in [4.69, 9.17) is 9.72 Å². The van der Waals surface area contributed by atoms with Crippen LogP contribution in [0, 0.1) is 0 Å². The highest BCUT2D eigenvalue weighted by Gasteiger charge is 2.43. The fraction of sp³-hybridized carbons (Fsp3) is 0.269. The van der Waals surface area contributed by atoms with Gasteiger partial charge in [-0.15, -0.1) is 0 Å². The van der Waals surface area contributed by atoms with Crippen molar-refractivity contribution in [2.75, 3.05) is 27.7 Å². The number of halogens is 1. The normalized spacial score (nSPS) is 14.2. The molecule has 2 aromatic carbocycles. The molecule has 0 amide bonds. The van der Waals surface area contributed by atoms with E-state index in [0.717, 1.165) is 26.5 Å². The zero-order valence-electron chi connectivity index (χ0n) is 18.9. The Kier molecular flexibility index (Phi) is 7.02. The molecule has 1 N–H and O–H groups in total. The molecule has 33 heavy (non-hydrogen) atoms. The van der Waals surface area contributed by atoms with Crippen molar-refractivity contribution in [3.63, 3.8) is 0 Å². The second kappa shape index (κ2) is 9.95. The van der Waals surface area contributed by atoms with Crippen LogP contribution in [0.15, 0.2) is 77.7 Å². The minimum absolute atomic E-state index is 0.442. The highest BCUT2D eigenvalue weighted by Crippen LogP contribution is 2.46. The zero-order chi connectivity index (χ0) is 23.4. The van der Waals surface area contributed by atoms with Crippen LogP contribution in [0.3, 0.4) is 0 Å². The Bertz CT molecular complexity index is 1220. The summed E-state index contributed by atoms with van der Waals surface area (Å²) in [5.41, 5.74) is 1.72. The van der Waals surface area contributed by atoms with Crippen molar-refractivity contribution in [1.29, 1.82) is 0 Å². The Hall–Kier alpha value is -2.87. The molecule has 0 aliphatic rings. The van der Waals surface area contributed by atoms with Gasteiger partial charge >= 0.3 is 0 Å². The third kappa shape index (κ3) is 4.90. The molecule has 0 bridgehead atoms. The quantitative estimate of drug-likeness (QED) is 0.371. The van der Waals surface area contributed by atoms with Gasteiger partial charge in [-0.3, -0.25) is 9.97 Å². The largest absolute Gasteiger partial charge is 0.481 e. The van der Waals surface area contributed by atoms with Gasteiger partial charge in [0.15, 0.2) is 0 Å². The lowest BCUT2D eigenvalue weighted by molar-refractivity contribution is -0.000590.